The smallest absolute Gasteiger partial charge is 0.0718 e. The van der Waals surface area contributed by atoms with Crippen molar-refractivity contribution in [1.82, 2.24) is 0 Å². The van der Waals surface area contributed by atoms with Gasteiger partial charge in [0.15, 0.2) is 0 Å². The van der Waals surface area contributed by atoms with Gasteiger partial charge in [-0.05, 0) is 6.42 Å². The summed E-state index contributed by atoms with van der Waals surface area (Å²) < 4.78 is 0. The van der Waals surface area contributed by atoms with E-state index in [2.05, 4.69) is 13.5 Å². The zero-order chi connectivity index (χ0) is 5.70. The minimum atomic E-state index is -0.350. The summed E-state index contributed by atoms with van der Waals surface area (Å²) in [7, 11) is 0. The van der Waals surface area contributed by atoms with Gasteiger partial charge in [0, 0.05) is 0 Å². The van der Waals surface area contributed by atoms with Crippen molar-refractivity contribution in [2.24, 2.45) is 0 Å². The van der Waals surface area contributed by atoms with Crippen LogP contribution < -0.4 is 0 Å². The van der Waals surface area contributed by atoms with Crippen LogP contribution in [-0.4, -0.2) is 11.2 Å². The van der Waals surface area contributed by atoms with Crippen molar-refractivity contribution >= 4 is 0 Å². The molecule has 7 heavy (non-hydrogen) atoms. The van der Waals surface area contributed by atoms with Crippen LogP contribution in [0, 0.1) is 6.92 Å². The van der Waals surface area contributed by atoms with E-state index in [1.165, 1.54) is 6.08 Å². The van der Waals surface area contributed by atoms with Crippen LogP contribution in [-0.2, 0) is 0 Å². The van der Waals surface area contributed by atoms with Gasteiger partial charge < -0.3 is 5.11 Å². The quantitative estimate of drug-likeness (QED) is 0.526. The maximum atomic E-state index is 8.70. The predicted octanol–water partition coefficient (Wildman–Crippen LogP) is 1.15. The highest BCUT2D eigenvalue weighted by Crippen LogP contribution is 1.93. The molecule has 0 bridgehead atoms. The van der Waals surface area contributed by atoms with Crippen LogP contribution in [0.3, 0.4) is 0 Å². The normalized spacial score (nSPS) is 13.4. The summed E-state index contributed by atoms with van der Waals surface area (Å²) >= 11 is 0. The molecule has 0 aliphatic heterocycles. The molecule has 0 fully saturated rings. The highest BCUT2D eigenvalue weighted by molar-refractivity contribution is 4.77. The lowest BCUT2D eigenvalue weighted by molar-refractivity contribution is 0.214. The van der Waals surface area contributed by atoms with Crippen molar-refractivity contribution in [2.45, 2.75) is 18.9 Å². The molecule has 1 radical (unpaired) electrons. The topological polar surface area (TPSA) is 20.2 Å². The van der Waals surface area contributed by atoms with Crippen molar-refractivity contribution < 1.29 is 5.11 Å². The fourth-order valence-electron chi connectivity index (χ4n) is 0.327. The Labute approximate surface area is 44.7 Å². The molecule has 0 rings (SSSR count). The maximum absolute atomic E-state index is 8.70. The maximum Gasteiger partial charge on any atom is 0.0718 e. The second-order valence-electron chi connectivity index (χ2n) is 1.45. The predicted molar refractivity (Wildman–Crippen MR) is 30.8 cm³/mol. The lowest BCUT2D eigenvalue weighted by atomic mass is 10.2. The Morgan fingerprint density at radius 1 is 1.71 bits per heavy atom. The highest BCUT2D eigenvalue weighted by atomic mass is 16.3. The van der Waals surface area contributed by atoms with Gasteiger partial charge in [0.05, 0.1) is 6.10 Å². The molecule has 0 heterocycles. The Balaban J connectivity index is 2.98. The Morgan fingerprint density at radius 2 is 2.29 bits per heavy atom. The van der Waals surface area contributed by atoms with Gasteiger partial charge >= 0.3 is 0 Å². The zero-order valence-corrected chi connectivity index (χ0v) is 4.43. The highest BCUT2D eigenvalue weighted by Gasteiger charge is 1.91. The first-order valence-corrected chi connectivity index (χ1v) is 2.41. The number of hydrogen-bond donors (Lipinski definition) is 1. The average molecular weight is 99.2 g/mol. The Hall–Kier alpha value is -0.300. The van der Waals surface area contributed by atoms with Crippen molar-refractivity contribution in [2.75, 3.05) is 0 Å². The summed E-state index contributed by atoms with van der Waals surface area (Å²) in [6, 6.07) is 0. The molecule has 0 aromatic carbocycles. The van der Waals surface area contributed by atoms with E-state index in [1.807, 2.05) is 0 Å². The first-order valence-electron chi connectivity index (χ1n) is 2.41. The van der Waals surface area contributed by atoms with Gasteiger partial charge in [-0.2, -0.15) is 0 Å². The van der Waals surface area contributed by atoms with Gasteiger partial charge in [-0.15, -0.1) is 6.58 Å². The van der Waals surface area contributed by atoms with E-state index >= 15 is 0 Å². The molecule has 1 N–H and O–H groups in total. The minimum Gasteiger partial charge on any atom is -0.389 e. The molecule has 0 aromatic rings. The van der Waals surface area contributed by atoms with Crippen LogP contribution in [0.1, 0.15) is 12.8 Å². The van der Waals surface area contributed by atoms with Crippen molar-refractivity contribution in [1.29, 1.82) is 0 Å². The van der Waals surface area contributed by atoms with Crippen molar-refractivity contribution in [3.05, 3.63) is 19.6 Å². The lowest BCUT2D eigenvalue weighted by Crippen LogP contribution is -1.98. The molecule has 0 aliphatic carbocycles. The van der Waals surface area contributed by atoms with Gasteiger partial charge in [-0.25, -0.2) is 0 Å². The Morgan fingerprint density at radius 3 is 2.43 bits per heavy atom. The monoisotopic (exact) mass is 99.1 g/mol. The standard InChI is InChI=1S/C6H11O/c1-3-5-6(7)4-2/h4,6-7H,1-3,5H2. The zero-order valence-electron chi connectivity index (χ0n) is 4.43. The third-order valence-corrected chi connectivity index (χ3v) is 0.772. The van der Waals surface area contributed by atoms with E-state index in [4.69, 9.17) is 5.11 Å². The Bertz CT molecular complexity index is 50.1. The van der Waals surface area contributed by atoms with E-state index in [9.17, 15) is 0 Å². The molecule has 0 saturated carbocycles. The van der Waals surface area contributed by atoms with Crippen molar-refractivity contribution in [3.63, 3.8) is 0 Å². The van der Waals surface area contributed by atoms with Gasteiger partial charge in [-0.1, -0.05) is 19.4 Å². The van der Waals surface area contributed by atoms with Gasteiger partial charge in [0.1, 0.15) is 0 Å². The molecule has 0 aliphatic rings. The molecule has 1 atom stereocenters. The van der Waals surface area contributed by atoms with Crippen molar-refractivity contribution in [3.8, 4) is 0 Å². The molecule has 1 heteroatoms. The lowest BCUT2D eigenvalue weighted by Gasteiger charge is -1.97. The van der Waals surface area contributed by atoms with Crippen LogP contribution in [0.15, 0.2) is 12.7 Å². The molecular weight excluding hydrogens is 88.1 g/mol. The summed E-state index contributed by atoms with van der Waals surface area (Å²) in [6.07, 6.45) is 2.67. The number of aliphatic hydroxyl groups is 1. The Kier molecular flexibility index (Phi) is 3.71. The van der Waals surface area contributed by atoms with E-state index in [0.717, 1.165) is 12.8 Å². The fraction of sp³-hybridized carbons (Fsp3) is 0.500. The molecule has 41 valence electrons. The molecule has 1 unspecified atom stereocenters. The summed E-state index contributed by atoms with van der Waals surface area (Å²) in [6.45, 7) is 6.97. The molecular formula is C6H11O. The van der Waals surface area contributed by atoms with Gasteiger partial charge in [-0.3, -0.25) is 0 Å². The third kappa shape index (κ3) is 3.53. The van der Waals surface area contributed by atoms with Crippen LogP contribution in [0.2, 0.25) is 0 Å². The molecule has 0 spiro atoms. The van der Waals surface area contributed by atoms with Crippen LogP contribution >= 0.6 is 0 Å². The second kappa shape index (κ2) is 3.88. The van der Waals surface area contributed by atoms with E-state index in [1.54, 1.807) is 0 Å². The van der Waals surface area contributed by atoms with Crippen LogP contribution in [0.25, 0.3) is 0 Å². The number of rotatable bonds is 3. The molecule has 0 saturated heterocycles. The SMILES string of the molecule is [CH2]CCC(O)C=C. The number of aliphatic hydroxyl groups excluding tert-OH is 1. The number of hydrogen-bond acceptors (Lipinski definition) is 1. The largest absolute Gasteiger partial charge is 0.389 e. The van der Waals surface area contributed by atoms with E-state index < -0.39 is 0 Å². The second-order valence-corrected chi connectivity index (χ2v) is 1.45. The van der Waals surface area contributed by atoms with Gasteiger partial charge in [0.25, 0.3) is 0 Å². The summed E-state index contributed by atoms with van der Waals surface area (Å²) in [5.41, 5.74) is 0. The summed E-state index contributed by atoms with van der Waals surface area (Å²) in [4.78, 5) is 0. The van der Waals surface area contributed by atoms with E-state index in [-0.39, 0.29) is 6.10 Å². The molecule has 1 nitrogen and oxygen atoms in total. The summed E-state index contributed by atoms with van der Waals surface area (Å²) in [5.74, 6) is 0. The van der Waals surface area contributed by atoms with E-state index in [0.29, 0.717) is 0 Å². The van der Waals surface area contributed by atoms with Crippen LogP contribution in [0.4, 0.5) is 0 Å². The average Bonchev–Trinajstić information content (AvgIpc) is 1.68. The molecule has 0 aromatic heterocycles. The fourth-order valence-corrected chi connectivity index (χ4v) is 0.327. The molecule has 0 amide bonds. The first kappa shape index (κ1) is 6.70. The summed E-state index contributed by atoms with van der Waals surface area (Å²) in [5, 5.41) is 8.70. The third-order valence-electron chi connectivity index (χ3n) is 0.772. The minimum absolute atomic E-state index is 0.350. The van der Waals surface area contributed by atoms with Crippen LogP contribution in [0.5, 0.6) is 0 Å². The first-order chi connectivity index (χ1) is 3.31. The van der Waals surface area contributed by atoms with Gasteiger partial charge in [0.2, 0.25) is 0 Å².